The van der Waals surface area contributed by atoms with Crippen LogP contribution in [0, 0.1) is 0 Å². The lowest BCUT2D eigenvalue weighted by Crippen LogP contribution is -2.40. The summed E-state index contributed by atoms with van der Waals surface area (Å²) in [7, 11) is 0. The molecule has 0 aliphatic heterocycles. The molecule has 0 aliphatic rings. The van der Waals surface area contributed by atoms with Gasteiger partial charge < -0.3 is 20.9 Å². The summed E-state index contributed by atoms with van der Waals surface area (Å²) in [6.45, 7) is 4.86. The van der Waals surface area contributed by atoms with Crippen LogP contribution in [0.3, 0.4) is 0 Å². The van der Waals surface area contributed by atoms with Crippen LogP contribution in [-0.2, 0) is 19.1 Å². The van der Waals surface area contributed by atoms with E-state index in [1.807, 2.05) is 0 Å². The number of amides is 1. The summed E-state index contributed by atoms with van der Waals surface area (Å²) >= 11 is 0. The van der Waals surface area contributed by atoms with E-state index < -0.39 is 12.0 Å². The fourth-order valence-corrected chi connectivity index (χ4v) is 5.27. The Kier molecular flexibility index (Phi) is 28.7. The number of unbranched alkanes of at least 4 members (excludes halogenated alkanes) is 17. The van der Waals surface area contributed by atoms with Gasteiger partial charge in [-0.3, -0.25) is 9.59 Å². The molecule has 0 radical (unpaired) electrons. The van der Waals surface area contributed by atoms with Gasteiger partial charge in [-0.05, 0) is 57.9 Å². The lowest BCUT2D eigenvalue weighted by molar-refractivity contribution is -0.150. The molecule has 7 nitrogen and oxygen atoms in total. The van der Waals surface area contributed by atoms with Gasteiger partial charge in [0.25, 0.3) is 0 Å². The first-order chi connectivity index (χ1) is 19.9. The highest BCUT2D eigenvalue weighted by Crippen LogP contribution is 2.18. The van der Waals surface area contributed by atoms with Gasteiger partial charge in [0, 0.05) is 12.8 Å². The summed E-state index contributed by atoms with van der Waals surface area (Å²) in [4.78, 5) is 36.0. The summed E-state index contributed by atoms with van der Waals surface area (Å²) in [5.74, 6) is -1.31. The number of nitrogens with one attached hydrogen (secondary N) is 1. The lowest BCUT2D eigenvalue weighted by Gasteiger charge is -2.18. The predicted molar refractivity (Wildman–Crippen MR) is 170 cm³/mol. The first-order valence-corrected chi connectivity index (χ1v) is 17.4. The van der Waals surface area contributed by atoms with Crippen molar-refractivity contribution in [2.75, 3.05) is 6.54 Å². The number of rotatable bonds is 31. The van der Waals surface area contributed by atoms with Crippen molar-refractivity contribution in [1.29, 1.82) is 0 Å². The number of carbonyl (C=O) groups excluding carboxylic acids is 2. The molecule has 0 saturated heterocycles. The predicted octanol–water partition coefficient (Wildman–Crippen LogP) is 8.61. The molecule has 0 saturated carbocycles. The summed E-state index contributed by atoms with van der Waals surface area (Å²) in [5.41, 5.74) is 5.46. The molecular weight excluding hydrogens is 516 g/mol. The minimum absolute atomic E-state index is 0.0391. The van der Waals surface area contributed by atoms with Crippen LogP contribution >= 0.6 is 0 Å². The van der Waals surface area contributed by atoms with Gasteiger partial charge in [0.05, 0.1) is 0 Å². The van der Waals surface area contributed by atoms with Crippen LogP contribution in [0.25, 0.3) is 0 Å². The van der Waals surface area contributed by atoms with Crippen molar-refractivity contribution in [1.82, 2.24) is 5.32 Å². The minimum atomic E-state index is -1.02. The highest BCUT2D eigenvalue weighted by Gasteiger charge is 2.19. The van der Waals surface area contributed by atoms with Crippen molar-refractivity contribution in [2.24, 2.45) is 5.73 Å². The average Bonchev–Trinajstić information content (AvgIpc) is 2.95. The van der Waals surface area contributed by atoms with E-state index in [0.717, 1.165) is 44.9 Å². The van der Waals surface area contributed by atoms with E-state index in [9.17, 15) is 19.5 Å². The third-order valence-corrected chi connectivity index (χ3v) is 7.92. The Morgan fingerprint density at radius 2 is 1.05 bits per heavy atom. The van der Waals surface area contributed by atoms with Gasteiger partial charge in [-0.2, -0.15) is 0 Å². The topological polar surface area (TPSA) is 119 Å². The van der Waals surface area contributed by atoms with Crippen LogP contribution in [0.15, 0.2) is 0 Å². The third kappa shape index (κ3) is 27.0. The molecular formula is C34H66N2O5. The van der Waals surface area contributed by atoms with Crippen LogP contribution < -0.4 is 11.1 Å². The van der Waals surface area contributed by atoms with Crippen molar-refractivity contribution in [2.45, 2.75) is 193 Å². The highest BCUT2D eigenvalue weighted by atomic mass is 16.5. The van der Waals surface area contributed by atoms with Gasteiger partial charge in [0.2, 0.25) is 5.91 Å². The van der Waals surface area contributed by atoms with Crippen LogP contribution in [0.4, 0.5) is 0 Å². The summed E-state index contributed by atoms with van der Waals surface area (Å²) in [5, 5.41) is 11.9. The molecule has 0 aliphatic carbocycles. The Balaban J connectivity index is 4.08. The minimum Gasteiger partial charge on any atom is -0.480 e. The van der Waals surface area contributed by atoms with Crippen molar-refractivity contribution in [3.05, 3.63) is 0 Å². The van der Waals surface area contributed by atoms with Crippen molar-refractivity contribution < 1.29 is 24.2 Å². The number of hydrogen-bond donors (Lipinski definition) is 3. The molecule has 4 N–H and O–H groups in total. The molecule has 0 aromatic heterocycles. The van der Waals surface area contributed by atoms with Gasteiger partial charge in [-0.15, -0.1) is 0 Å². The average molecular weight is 583 g/mol. The maximum absolute atomic E-state index is 12.5. The zero-order valence-corrected chi connectivity index (χ0v) is 26.9. The molecule has 0 bridgehead atoms. The van der Waals surface area contributed by atoms with Crippen molar-refractivity contribution in [3.63, 3.8) is 0 Å². The van der Waals surface area contributed by atoms with E-state index in [1.165, 1.54) is 89.9 Å². The Morgan fingerprint density at radius 1 is 0.610 bits per heavy atom. The van der Waals surface area contributed by atoms with E-state index in [-0.39, 0.29) is 18.0 Å². The number of aliphatic carboxylic acids is 1. The molecule has 0 heterocycles. The van der Waals surface area contributed by atoms with Gasteiger partial charge in [0.1, 0.15) is 12.1 Å². The van der Waals surface area contributed by atoms with Gasteiger partial charge in [0.15, 0.2) is 0 Å². The number of ether oxygens (including phenoxy) is 1. The van der Waals surface area contributed by atoms with Crippen molar-refractivity contribution in [3.8, 4) is 0 Å². The van der Waals surface area contributed by atoms with E-state index in [2.05, 4.69) is 19.2 Å². The maximum Gasteiger partial charge on any atom is 0.326 e. The molecule has 2 atom stereocenters. The number of carboxylic acid groups (broad SMARTS) is 1. The highest BCUT2D eigenvalue weighted by molar-refractivity contribution is 5.83. The van der Waals surface area contributed by atoms with Crippen LogP contribution in [0.2, 0.25) is 0 Å². The fraction of sp³-hybridized carbons (Fsp3) is 0.912. The second kappa shape index (κ2) is 29.8. The zero-order chi connectivity index (χ0) is 30.4. The SMILES string of the molecule is CCCCCCCCCCCCCCCC(=O)OC(CCCCCC)CCCCCC(=O)NC(CCCN)C(=O)O. The Labute approximate surface area is 252 Å². The first-order valence-electron chi connectivity index (χ1n) is 17.4. The normalized spacial score (nSPS) is 12.7. The molecule has 0 rings (SSSR count). The Morgan fingerprint density at radius 3 is 1.54 bits per heavy atom. The molecule has 0 aromatic carbocycles. The third-order valence-electron chi connectivity index (χ3n) is 7.92. The second-order valence-corrected chi connectivity index (χ2v) is 11.9. The zero-order valence-electron chi connectivity index (χ0n) is 26.9. The number of nitrogens with two attached hydrogens (primary N) is 1. The number of carbonyl (C=O) groups is 3. The summed E-state index contributed by atoms with van der Waals surface area (Å²) < 4.78 is 5.89. The van der Waals surface area contributed by atoms with Gasteiger partial charge in [-0.25, -0.2) is 4.79 Å². The molecule has 0 fully saturated rings. The van der Waals surface area contributed by atoms with E-state index >= 15 is 0 Å². The molecule has 1 amide bonds. The standard InChI is InChI=1S/C34H66N2O5/c1-3-5-7-9-10-11-12-13-14-15-16-17-22-28-33(38)41-30(24-19-8-6-4-2)25-20-18-21-27-32(37)36-31(34(39)40)26-23-29-35/h30-31H,3-29,35H2,1-2H3,(H,36,37)(H,39,40). The smallest absolute Gasteiger partial charge is 0.326 e. The molecule has 7 heteroatoms. The first kappa shape index (κ1) is 39.4. The fourth-order valence-electron chi connectivity index (χ4n) is 5.27. The number of hydrogen-bond acceptors (Lipinski definition) is 5. The summed E-state index contributed by atoms with van der Waals surface area (Å²) in [6, 6.07) is -0.868. The molecule has 2 unspecified atom stereocenters. The maximum atomic E-state index is 12.5. The van der Waals surface area contributed by atoms with Gasteiger partial charge >= 0.3 is 11.9 Å². The van der Waals surface area contributed by atoms with Crippen LogP contribution in [0.5, 0.6) is 0 Å². The Hall–Kier alpha value is -1.63. The van der Waals surface area contributed by atoms with Crippen LogP contribution in [0.1, 0.15) is 181 Å². The quantitative estimate of drug-likeness (QED) is 0.0556. The van der Waals surface area contributed by atoms with E-state index in [1.54, 1.807) is 0 Å². The molecule has 41 heavy (non-hydrogen) atoms. The summed E-state index contributed by atoms with van der Waals surface area (Å²) in [6.07, 6.45) is 27.3. The number of carboxylic acids is 1. The molecule has 0 aromatic rings. The molecule has 242 valence electrons. The Bertz CT molecular complexity index is 628. The second-order valence-electron chi connectivity index (χ2n) is 11.9. The van der Waals surface area contributed by atoms with E-state index in [0.29, 0.717) is 38.6 Å². The monoisotopic (exact) mass is 582 g/mol. The van der Waals surface area contributed by atoms with Crippen molar-refractivity contribution >= 4 is 17.8 Å². The van der Waals surface area contributed by atoms with E-state index in [4.69, 9.17) is 10.5 Å². The molecule has 0 spiro atoms. The van der Waals surface area contributed by atoms with Gasteiger partial charge in [-0.1, -0.05) is 117 Å². The largest absolute Gasteiger partial charge is 0.480 e. The lowest BCUT2D eigenvalue weighted by atomic mass is 10.0. The van der Waals surface area contributed by atoms with Crippen LogP contribution in [-0.4, -0.2) is 41.6 Å². The number of esters is 1.